The highest BCUT2D eigenvalue weighted by molar-refractivity contribution is 9.10. The van der Waals surface area contributed by atoms with E-state index in [1.165, 1.54) is 6.20 Å². The van der Waals surface area contributed by atoms with Crippen LogP contribution in [0.15, 0.2) is 35.2 Å². The molecule has 2 aromatic rings. The second-order valence-electron chi connectivity index (χ2n) is 2.58. The largest absolute Gasteiger partial charge is 0.349 e. The Kier molecular flexibility index (Phi) is 2.14. The summed E-state index contributed by atoms with van der Waals surface area (Å²) < 4.78 is 14.0. The summed E-state index contributed by atoms with van der Waals surface area (Å²) in [6.07, 6.45) is 2.76. The van der Waals surface area contributed by atoms with Crippen LogP contribution in [0.4, 0.5) is 4.39 Å². The third-order valence-electron chi connectivity index (χ3n) is 1.71. The molecule has 0 atom stereocenters. The van der Waals surface area contributed by atoms with Crippen LogP contribution in [0.25, 0.3) is 11.3 Å². The second-order valence-corrected chi connectivity index (χ2v) is 3.43. The van der Waals surface area contributed by atoms with Crippen molar-refractivity contribution in [1.82, 2.24) is 9.97 Å². The first-order chi connectivity index (χ1) is 6.27. The molecule has 0 unspecified atom stereocenters. The summed E-state index contributed by atoms with van der Waals surface area (Å²) in [5.41, 5.74) is 1.27. The minimum Gasteiger partial charge on any atom is -0.349 e. The number of hydrogen-bond donors (Lipinski definition) is 1. The summed E-state index contributed by atoms with van der Waals surface area (Å²) in [7, 11) is 0. The number of nitrogens with zero attached hydrogens (tertiary/aromatic N) is 1. The Morgan fingerprint density at radius 1 is 1.31 bits per heavy atom. The fourth-order valence-corrected chi connectivity index (χ4v) is 1.46. The predicted molar refractivity (Wildman–Crippen MR) is 51.7 cm³/mol. The molecule has 2 heterocycles. The van der Waals surface area contributed by atoms with Crippen LogP contribution in [-0.4, -0.2) is 9.97 Å². The SMILES string of the molecule is Fc1cnccc1-c1ccc(Br)[nH]1. The normalized spacial score (nSPS) is 10.3. The zero-order valence-corrected chi connectivity index (χ0v) is 8.18. The van der Waals surface area contributed by atoms with Crippen molar-refractivity contribution in [2.45, 2.75) is 0 Å². The van der Waals surface area contributed by atoms with Gasteiger partial charge in [-0.1, -0.05) is 0 Å². The maximum absolute atomic E-state index is 13.2. The fourth-order valence-electron chi connectivity index (χ4n) is 1.12. The topological polar surface area (TPSA) is 28.7 Å². The molecule has 0 radical (unpaired) electrons. The van der Waals surface area contributed by atoms with Crippen LogP contribution in [0.3, 0.4) is 0 Å². The first kappa shape index (κ1) is 8.44. The maximum atomic E-state index is 13.2. The zero-order valence-electron chi connectivity index (χ0n) is 6.59. The Morgan fingerprint density at radius 3 is 2.77 bits per heavy atom. The zero-order chi connectivity index (χ0) is 9.26. The van der Waals surface area contributed by atoms with Gasteiger partial charge in [0.15, 0.2) is 5.82 Å². The van der Waals surface area contributed by atoms with Crippen LogP contribution in [0.2, 0.25) is 0 Å². The molecule has 2 rings (SSSR count). The average molecular weight is 241 g/mol. The highest BCUT2D eigenvalue weighted by Crippen LogP contribution is 2.22. The molecule has 0 saturated heterocycles. The number of hydrogen-bond acceptors (Lipinski definition) is 1. The van der Waals surface area contributed by atoms with E-state index in [4.69, 9.17) is 0 Å². The van der Waals surface area contributed by atoms with Gasteiger partial charge in [-0.05, 0) is 34.1 Å². The van der Waals surface area contributed by atoms with Gasteiger partial charge in [-0.15, -0.1) is 0 Å². The predicted octanol–water partition coefficient (Wildman–Crippen LogP) is 2.98. The second kappa shape index (κ2) is 3.30. The van der Waals surface area contributed by atoms with Crippen molar-refractivity contribution in [3.63, 3.8) is 0 Å². The summed E-state index contributed by atoms with van der Waals surface area (Å²) in [6.45, 7) is 0. The molecule has 0 aliphatic carbocycles. The van der Waals surface area contributed by atoms with E-state index in [1.807, 2.05) is 12.1 Å². The smallest absolute Gasteiger partial charge is 0.150 e. The summed E-state index contributed by atoms with van der Waals surface area (Å²) in [5, 5.41) is 0. The van der Waals surface area contributed by atoms with Gasteiger partial charge < -0.3 is 4.98 Å². The van der Waals surface area contributed by atoms with Gasteiger partial charge in [-0.25, -0.2) is 4.39 Å². The van der Waals surface area contributed by atoms with Crippen LogP contribution in [0, 0.1) is 5.82 Å². The standard InChI is InChI=1S/C9H6BrFN2/c10-9-2-1-8(13-9)6-3-4-12-5-7(6)11/h1-5,13H. The monoisotopic (exact) mass is 240 g/mol. The lowest BCUT2D eigenvalue weighted by Crippen LogP contribution is -1.84. The number of nitrogens with one attached hydrogen (secondary N) is 1. The molecule has 0 amide bonds. The average Bonchev–Trinajstić information content (AvgIpc) is 2.53. The summed E-state index contributed by atoms with van der Waals surface area (Å²) in [4.78, 5) is 6.66. The molecule has 66 valence electrons. The van der Waals surface area contributed by atoms with Crippen LogP contribution in [0.1, 0.15) is 0 Å². The molecule has 0 aromatic carbocycles. The van der Waals surface area contributed by atoms with Crippen LogP contribution in [-0.2, 0) is 0 Å². The van der Waals surface area contributed by atoms with Gasteiger partial charge in [0.05, 0.1) is 10.8 Å². The van der Waals surface area contributed by atoms with Gasteiger partial charge in [0, 0.05) is 17.5 Å². The lowest BCUT2D eigenvalue weighted by Gasteiger charge is -1.97. The van der Waals surface area contributed by atoms with Gasteiger partial charge in [0.25, 0.3) is 0 Å². The molecule has 0 spiro atoms. The molecular weight excluding hydrogens is 235 g/mol. The summed E-state index contributed by atoms with van der Waals surface area (Å²) in [5.74, 6) is -0.322. The minimum atomic E-state index is -0.322. The maximum Gasteiger partial charge on any atom is 0.150 e. The number of rotatable bonds is 1. The molecule has 0 fully saturated rings. The lowest BCUT2D eigenvalue weighted by molar-refractivity contribution is 0.624. The Bertz CT molecular complexity index is 425. The van der Waals surface area contributed by atoms with Crippen molar-refractivity contribution in [1.29, 1.82) is 0 Å². The third kappa shape index (κ3) is 1.62. The van der Waals surface area contributed by atoms with E-state index in [-0.39, 0.29) is 5.82 Å². The lowest BCUT2D eigenvalue weighted by atomic mass is 10.2. The van der Waals surface area contributed by atoms with Crippen molar-refractivity contribution in [2.75, 3.05) is 0 Å². The Labute approximate surface area is 83.0 Å². The molecule has 0 aliphatic heterocycles. The van der Waals surface area contributed by atoms with Gasteiger partial charge in [-0.2, -0.15) is 0 Å². The van der Waals surface area contributed by atoms with Crippen molar-refractivity contribution in [3.05, 3.63) is 41.0 Å². The number of halogens is 2. The van der Waals surface area contributed by atoms with Crippen LogP contribution >= 0.6 is 15.9 Å². The Morgan fingerprint density at radius 2 is 2.15 bits per heavy atom. The summed E-state index contributed by atoms with van der Waals surface area (Å²) >= 11 is 3.26. The van der Waals surface area contributed by atoms with Gasteiger partial charge in [0.2, 0.25) is 0 Å². The number of aromatic amines is 1. The van der Waals surface area contributed by atoms with E-state index >= 15 is 0 Å². The van der Waals surface area contributed by atoms with E-state index in [9.17, 15) is 4.39 Å². The summed E-state index contributed by atoms with van der Waals surface area (Å²) in [6, 6.07) is 5.27. The molecule has 2 aromatic heterocycles. The van der Waals surface area contributed by atoms with E-state index < -0.39 is 0 Å². The van der Waals surface area contributed by atoms with E-state index in [0.29, 0.717) is 5.56 Å². The quantitative estimate of drug-likeness (QED) is 0.816. The fraction of sp³-hybridized carbons (Fsp3) is 0. The van der Waals surface area contributed by atoms with Crippen molar-refractivity contribution in [2.24, 2.45) is 0 Å². The molecule has 4 heteroatoms. The van der Waals surface area contributed by atoms with E-state index in [0.717, 1.165) is 10.3 Å². The molecule has 0 saturated carbocycles. The van der Waals surface area contributed by atoms with Crippen LogP contribution < -0.4 is 0 Å². The number of H-pyrrole nitrogens is 1. The molecular formula is C9H6BrFN2. The van der Waals surface area contributed by atoms with E-state index in [2.05, 4.69) is 25.9 Å². The van der Waals surface area contributed by atoms with Crippen LogP contribution in [0.5, 0.6) is 0 Å². The van der Waals surface area contributed by atoms with Gasteiger partial charge in [-0.3, -0.25) is 4.98 Å². The van der Waals surface area contributed by atoms with Crippen molar-refractivity contribution >= 4 is 15.9 Å². The molecule has 1 N–H and O–H groups in total. The highest BCUT2D eigenvalue weighted by Gasteiger charge is 2.05. The first-order valence-corrected chi connectivity index (χ1v) is 4.51. The van der Waals surface area contributed by atoms with Crippen molar-refractivity contribution in [3.8, 4) is 11.3 Å². The van der Waals surface area contributed by atoms with Gasteiger partial charge in [0.1, 0.15) is 0 Å². The molecule has 13 heavy (non-hydrogen) atoms. The minimum absolute atomic E-state index is 0.322. The van der Waals surface area contributed by atoms with Gasteiger partial charge >= 0.3 is 0 Å². The Hall–Kier alpha value is -1.16. The molecule has 0 bridgehead atoms. The highest BCUT2D eigenvalue weighted by atomic mass is 79.9. The number of aromatic nitrogens is 2. The third-order valence-corrected chi connectivity index (χ3v) is 2.18. The Balaban J connectivity index is 2.52. The van der Waals surface area contributed by atoms with Crippen molar-refractivity contribution < 1.29 is 4.39 Å². The number of pyridine rings is 1. The molecule has 2 nitrogen and oxygen atoms in total. The van der Waals surface area contributed by atoms with E-state index in [1.54, 1.807) is 12.3 Å². The first-order valence-electron chi connectivity index (χ1n) is 3.72. The molecule has 0 aliphatic rings.